The van der Waals surface area contributed by atoms with E-state index in [0.29, 0.717) is 21.6 Å². The number of sulfonamides is 2. The van der Waals surface area contributed by atoms with Gasteiger partial charge < -0.3 is 18.3 Å². The van der Waals surface area contributed by atoms with Crippen molar-refractivity contribution in [2.24, 2.45) is 11.8 Å². The van der Waals surface area contributed by atoms with Gasteiger partial charge in [-0.25, -0.2) is 60.7 Å². The number of ether oxygens (including phenoxy) is 2. The molecule has 0 radical (unpaired) electrons. The molecule has 2 N–H and O–H groups in total. The van der Waals surface area contributed by atoms with E-state index in [1.54, 1.807) is 13.8 Å². The van der Waals surface area contributed by atoms with Crippen molar-refractivity contribution < 1.29 is 69.5 Å². The van der Waals surface area contributed by atoms with Crippen LogP contribution in [0.2, 0.25) is 10.0 Å². The molecule has 2 fully saturated rings. The summed E-state index contributed by atoms with van der Waals surface area (Å²) in [6.45, 7) is 5.87. The minimum absolute atomic E-state index is 0.00558. The third kappa shape index (κ3) is 9.13. The molecule has 24 heteroatoms. The van der Waals surface area contributed by atoms with Crippen LogP contribution >= 0.6 is 23.2 Å². The fraction of sp³-hybridized carbons (Fsp3) is 0.360. The molecule has 0 saturated heterocycles. The normalized spacial score (nSPS) is 23.7. The summed E-state index contributed by atoms with van der Waals surface area (Å²) >= 11 is 11.9. The molecular weight excluding hydrogens is 1100 g/mol. The number of aryl methyl sites for hydroxylation is 4. The van der Waals surface area contributed by atoms with E-state index in [-0.39, 0.29) is 94.0 Å². The van der Waals surface area contributed by atoms with E-state index in [1.807, 2.05) is 0 Å². The van der Waals surface area contributed by atoms with Crippen molar-refractivity contribution in [2.75, 3.05) is 13.2 Å². The summed E-state index contributed by atoms with van der Waals surface area (Å²) in [5, 5.41) is 0.640. The number of hydrogen-bond acceptors (Lipinski definition) is 12. The number of halogens is 6. The van der Waals surface area contributed by atoms with Crippen LogP contribution < -0.4 is 18.9 Å². The highest BCUT2D eigenvalue weighted by atomic mass is 35.5. The molecule has 6 atom stereocenters. The second-order valence-corrected chi connectivity index (χ2v) is 27.6. The van der Waals surface area contributed by atoms with E-state index in [1.165, 1.54) is 74.5 Å². The Labute approximate surface area is 435 Å². The second-order valence-electron chi connectivity index (χ2n) is 18.9. The minimum atomic E-state index is -4.31. The number of fused-ring (bicyclic) bond motifs is 6. The minimum Gasteiger partial charge on any atom is -0.490 e. The SMILES string of the molecule is Cc1cc(S(=O)(=O)N[C@@H]2CC[C@@]3(S(=O)(=O)c4ccc(Cl)cc4)c4c(F)ccc(F)c4OC[C@H]3C2)c(C)o1.Cc1cc(S(=O)(=O)N[C@@H]2CC[C@@]3(S(=O)(=O)c4ccc(Cl)cc4)c4c(F)ccc(F)c4OC[C@H]3C2)c(C)o1. The van der Waals surface area contributed by atoms with Gasteiger partial charge in [0.15, 0.2) is 42.8 Å². The second kappa shape index (κ2) is 19.6. The van der Waals surface area contributed by atoms with Gasteiger partial charge in [-0.3, -0.25) is 0 Å². The van der Waals surface area contributed by atoms with Crippen molar-refractivity contribution in [3.63, 3.8) is 0 Å². The zero-order chi connectivity index (χ0) is 53.5. The van der Waals surface area contributed by atoms with E-state index < -0.39 is 108 Å². The molecule has 2 aromatic heterocycles. The van der Waals surface area contributed by atoms with E-state index in [2.05, 4.69) is 9.44 Å². The molecule has 0 unspecified atom stereocenters. The Balaban J connectivity index is 0.000000182. The van der Waals surface area contributed by atoms with Crippen molar-refractivity contribution in [1.29, 1.82) is 0 Å². The average Bonchev–Trinajstić information content (AvgIpc) is 3.89. The van der Waals surface area contributed by atoms with E-state index in [9.17, 15) is 42.5 Å². The fourth-order valence-electron chi connectivity index (χ4n) is 11.2. The van der Waals surface area contributed by atoms with Crippen LogP contribution in [0.1, 0.15) is 72.7 Å². The summed E-state index contributed by atoms with van der Waals surface area (Å²) in [7, 11) is -16.6. The first kappa shape index (κ1) is 53.9. The molecule has 10 rings (SSSR count). The third-order valence-corrected chi connectivity index (χ3v) is 23.4. The quantitative estimate of drug-likeness (QED) is 0.123. The summed E-state index contributed by atoms with van der Waals surface area (Å²) in [5.74, 6) is -4.81. The molecule has 74 heavy (non-hydrogen) atoms. The van der Waals surface area contributed by atoms with Gasteiger partial charge in [-0.2, -0.15) is 0 Å². The van der Waals surface area contributed by atoms with Crippen LogP contribution in [0.3, 0.4) is 0 Å². The van der Waals surface area contributed by atoms with E-state index >= 15 is 8.78 Å². The molecule has 396 valence electrons. The maximum absolute atomic E-state index is 15.4. The monoisotopic (exact) mass is 1140 g/mol. The number of hydrogen-bond donors (Lipinski definition) is 2. The Morgan fingerprint density at radius 1 is 0.514 bits per heavy atom. The van der Waals surface area contributed by atoms with Crippen LogP contribution in [0.4, 0.5) is 17.6 Å². The molecule has 2 saturated carbocycles. The Hall–Kier alpha value is -4.94. The highest BCUT2D eigenvalue weighted by molar-refractivity contribution is 7.93. The van der Waals surface area contributed by atoms with Crippen molar-refractivity contribution >= 4 is 62.9 Å². The van der Waals surface area contributed by atoms with Crippen LogP contribution in [0.15, 0.2) is 113 Å². The van der Waals surface area contributed by atoms with Crippen molar-refractivity contribution in [2.45, 2.75) is 107 Å². The summed E-state index contributed by atoms with van der Waals surface area (Å²) in [4.78, 5) is -0.202. The number of nitrogens with one attached hydrogen (secondary N) is 2. The summed E-state index contributed by atoms with van der Waals surface area (Å²) in [5.41, 5.74) is -0.720. The predicted octanol–water partition coefficient (Wildman–Crippen LogP) is 10.1. The molecule has 2 aliphatic heterocycles. The van der Waals surface area contributed by atoms with Crippen molar-refractivity contribution in [1.82, 2.24) is 9.44 Å². The van der Waals surface area contributed by atoms with E-state index in [0.717, 1.165) is 24.3 Å². The van der Waals surface area contributed by atoms with Crippen LogP contribution in [0.5, 0.6) is 11.5 Å². The molecule has 0 spiro atoms. The highest BCUT2D eigenvalue weighted by Crippen LogP contribution is 2.58. The van der Waals surface area contributed by atoms with Gasteiger partial charge in [0.1, 0.15) is 54.0 Å². The van der Waals surface area contributed by atoms with Gasteiger partial charge >= 0.3 is 0 Å². The number of sulfone groups is 2. The van der Waals surface area contributed by atoms with Crippen LogP contribution in [0.25, 0.3) is 0 Å². The van der Waals surface area contributed by atoms with Crippen LogP contribution in [-0.4, -0.2) is 59.0 Å². The van der Waals surface area contributed by atoms with Gasteiger partial charge in [0, 0.05) is 34.0 Å². The van der Waals surface area contributed by atoms with Crippen LogP contribution in [0, 0.1) is 62.8 Å². The van der Waals surface area contributed by atoms with Crippen LogP contribution in [-0.2, 0) is 49.2 Å². The van der Waals surface area contributed by atoms with Gasteiger partial charge in [-0.1, -0.05) is 23.2 Å². The molecule has 14 nitrogen and oxygen atoms in total. The highest BCUT2D eigenvalue weighted by Gasteiger charge is 2.61. The molecular formula is C50H48Cl2F4N2O12S4. The molecule has 4 aromatic carbocycles. The Morgan fingerprint density at radius 2 is 0.851 bits per heavy atom. The molecule has 0 amide bonds. The van der Waals surface area contributed by atoms with E-state index in [4.69, 9.17) is 41.5 Å². The number of benzene rings is 4. The zero-order valence-corrected chi connectivity index (χ0v) is 44.6. The lowest BCUT2D eigenvalue weighted by molar-refractivity contribution is 0.113. The lowest BCUT2D eigenvalue weighted by Crippen LogP contribution is -2.55. The smallest absolute Gasteiger partial charge is 0.244 e. The Morgan fingerprint density at radius 3 is 1.18 bits per heavy atom. The Bertz CT molecular complexity index is 3410. The molecule has 4 heterocycles. The van der Waals surface area contributed by atoms with Gasteiger partial charge in [-0.05, 0) is 151 Å². The van der Waals surface area contributed by atoms with Gasteiger partial charge in [0.05, 0.1) is 34.1 Å². The molecule has 0 bridgehead atoms. The maximum Gasteiger partial charge on any atom is 0.244 e. The third-order valence-electron chi connectivity index (χ3n) is 14.4. The topological polar surface area (TPSA) is 205 Å². The Kier molecular flexibility index (Phi) is 14.2. The van der Waals surface area contributed by atoms with Crippen molar-refractivity contribution in [3.8, 4) is 11.5 Å². The maximum atomic E-state index is 15.4. The first-order valence-corrected chi connectivity index (χ1v) is 29.8. The largest absolute Gasteiger partial charge is 0.490 e. The number of rotatable bonds is 10. The van der Waals surface area contributed by atoms with Gasteiger partial charge in [-0.15, -0.1) is 0 Å². The lowest BCUT2D eigenvalue weighted by Gasteiger charge is -2.49. The number of furan rings is 2. The lowest BCUT2D eigenvalue weighted by atomic mass is 9.71. The molecule has 6 aromatic rings. The predicted molar refractivity (Wildman–Crippen MR) is 264 cm³/mol. The molecule has 4 aliphatic rings. The first-order valence-electron chi connectivity index (χ1n) is 23.1. The van der Waals surface area contributed by atoms with Gasteiger partial charge in [0.25, 0.3) is 0 Å². The first-order chi connectivity index (χ1) is 34.7. The average molecular weight is 1140 g/mol. The standard InChI is InChI=1S/2C25H24ClF2NO6S2/c2*1-14-11-22(15(2)35-14)37(32,33)29-18-9-10-25(36(30,31)19-5-3-17(26)4-6-19)16(12-18)13-34-24-21(28)8-7-20(27)23(24)25/h2*3-8,11,16,18,29H,9-10,12-13H2,1-2H3/t2*16-,18-,25+/m11/s1. The fourth-order valence-corrected chi connectivity index (χ4v) is 19.2. The van der Waals surface area contributed by atoms with Gasteiger partial charge in [0.2, 0.25) is 20.0 Å². The summed E-state index contributed by atoms with van der Waals surface area (Å²) < 4.78 is 193. The summed E-state index contributed by atoms with van der Waals surface area (Å²) in [6, 6.07) is 16.0. The summed E-state index contributed by atoms with van der Waals surface area (Å²) in [6.07, 6.45) is -0.137. The van der Waals surface area contributed by atoms with Crippen molar-refractivity contribution in [3.05, 3.63) is 152 Å². The molecule has 2 aliphatic carbocycles. The zero-order valence-electron chi connectivity index (χ0n) is 39.8.